The van der Waals surface area contributed by atoms with Gasteiger partial charge in [-0.2, -0.15) is 0 Å². The maximum Gasteiger partial charge on any atom is 0.163 e. The minimum atomic E-state index is -0.275. The van der Waals surface area contributed by atoms with Gasteiger partial charge in [-0.15, -0.1) is 0 Å². The second-order valence-electron chi connectivity index (χ2n) is 6.69. The van der Waals surface area contributed by atoms with E-state index >= 15 is 0 Å². The Hall–Kier alpha value is -2.04. The van der Waals surface area contributed by atoms with Crippen molar-refractivity contribution >= 4 is 0 Å². The molecule has 4 heteroatoms. The van der Waals surface area contributed by atoms with Crippen LogP contribution in [0.5, 0.6) is 11.5 Å². The maximum absolute atomic E-state index is 10.5. The molecule has 0 spiro atoms. The highest BCUT2D eigenvalue weighted by Gasteiger charge is 2.29. The summed E-state index contributed by atoms with van der Waals surface area (Å²) < 4.78 is 10.9. The monoisotopic (exact) mass is 341 g/mol. The molecule has 2 atom stereocenters. The largest absolute Gasteiger partial charge is 0.493 e. The van der Waals surface area contributed by atoms with Crippen LogP contribution < -0.4 is 9.47 Å². The quantitative estimate of drug-likeness (QED) is 0.876. The summed E-state index contributed by atoms with van der Waals surface area (Å²) >= 11 is 0. The molecule has 0 radical (unpaired) electrons. The van der Waals surface area contributed by atoms with Gasteiger partial charge in [0, 0.05) is 25.6 Å². The average molecular weight is 341 g/mol. The number of benzene rings is 2. The minimum Gasteiger partial charge on any atom is -0.493 e. The van der Waals surface area contributed by atoms with Crippen LogP contribution >= 0.6 is 0 Å². The summed E-state index contributed by atoms with van der Waals surface area (Å²) in [4.78, 5) is 2.43. The van der Waals surface area contributed by atoms with Crippen LogP contribution in [0.15, 0.2) is 48.5 Å². The van der Waals surface area contributed by atoms with Gasteiger partial charge in [-0.3, -0.25) is 4.90 Å². The molecule has 2 unspecified atom stereocenters. The molecule has 1 heterocycles. The van der Waals surface area contributed by atoms with Crippen LogP contribution in [0.1, 0.15) is 17.5 Å². The molecule has 1 aliphatic heterocycles. The lowest BCUT2D eigenvalue weighted by Gasteiger charge is -2.36. The van der Waals surface area contributed by atoms with E-state index in [2.05, 4.69) is 35.2 Å². The topological polar surface area (TPSA) is 41.9 Å². The van der Waals surface area contributed by atoms with Crippen LogP contribution in [0, 0.1) is 5.92 Å². The van der Waals surface area contributed by atoms with E-state index in [1.54, 1.807) is 14.2 Å². The van der Waals surface area contributed by atoms with Gasteiger partial charge in [0.2, 0.25) is 0 Å². The molecular formula is C21H27NO3. The van der Waals surface area contributed by atoms with E-state index in [1.165, 1.54) is 5.56 Å². The number of para-hydroxylation sites is 1. The van der Waals surface area contributed by atoms with Crippen LogP contribution in [-0.4, -0.2) is 43.4 Å². The number of piperidine rings is 1. The van der Waals surface area contributed by atoms with Gasteiger partial charge in [0.15, 0.2) is 11.5 Å². The van der Waals surface area contributed by atoms with Crippen LogP contribution in [-0.2, 0) is 13.0 Å². The zero-order valence-corrected chi connectivity index (χ0v) is 15.0. The molecule has 1 aliphatic rings. The maximum atomic E-state index is 10.5. The molecule has 1 saturated heterocycles. The van der Waals surface area contributed by atoms with Crippen LogP contribution in [0.4, 0.5) is 0 Å². The van der Waals surface area contributed by atoms with Crippen molar-refractivity contribution in [3.63, 3.8) is 0 Å². The standard InChI is InChI=1S/C21H27NO3/c1-24-20-10-6-9-17(21(20)25-2)13-18-15-22(12-11-19(18)23)14-16-7-4-3-5-8-16/h3-10,18-19,23H,11-15H2,1-2H3. The highest BCUT2D eigenvalue weighted by atomic mass is 16.5. The molecule has 134 valence electrons. The molecule has 0 saturated carbocycles. The molecule has 4 nitrogen and oxygen atoms in total. The molecule has 3 rings (SSSR count). The predicted molar refractivity (Wildman–Crippen MR) is 99.1 cm³/mol. The Bertz CT molecular complexity index is 674. The predicted octanol–water partition coefficient (Wildman–Crippen LogP) is 3.13. The second-order valence-corrected chi connectivity index (χ2v) is 6.69. The fourth-order valence-corrected chi connectivity index (χ4v) is 3.68. The lowest BCUT2D eigenvalue weighted by molar-refractivity contribution is 0.0237. The fraction of sp³-hybridized carbons (Fsp3) is 0.429. The summed E-state index contributed by atoms with van der Waals surface area (Å²) in [6.07, 6.45) is 1.32. The van der Waals surface area contributed by atoms with Gasteiger partial charge in [-0.25, -0.2) is 0 Å². The summed E-state index contributed by atoms with van der Waals surface area (Å²) in [5, 5.41) is 10.5. The first kappa shape index (κ1) is 17.8. The first-order valence-corrected chi connectivity index (χ1v) is 8.85. The molecule has 0 aromatic heterocycles. The number of methoxy groups -OCH3 is 2. The van der Waals surface area contributed by atoms with Crippen LogP contribution in [0.3, 0.4) is 0 Å². The Morgan fingerprint density at radius 3 is 2.56 bits per heavy atom. The van der Waals surface area contributed by atoms with Crippen LogP contribution in [0.2, 0.25) is 0 Å². The van der Waals surface area contributed by atoms with E-state index in [9.17, 15) is 5.11 Å². The number of nitrogens with zero attached hydrogens (tertiary/aromatic N) is 1. The Labute approximate surface area is 150 Å². The van der Waals surface area contributed by atoms with Gasteiger partial charge in [0.05, 0.1) is 20.3 Å². The molecule has 25 heavy (non-hydrogen) atoms. The number of hydrogen-bond acceptors (Lipinski definition) is 4. The highest BCUT2D eigenvalue weighted by molar-refractivity contribution is 5.46. The second kappa shape index (κ2) is 8.37. The van der Waals surface area contributed by atoms with E-state index in [4.69, 9.17) is 9.47 Å². The first-order chi connectivity index (χ1) is 12.2. The number of aliphatic hydroxyl groups is 1. The van der Waals surface area contributed by atoms with Gasteiger partial charge in [0.1, 0.15) is 0 Å². The number of rotatable bonds is 6. The smallest absolute Gasteiger partial charge is 0.163 e. The Morgan fingerprint density at radius 2 is 1.84 bits per heavy atom. The third-order valence-corrected chi connectivity index (χ3v) is 4.99. The Balaban J connectivity index is 1.71. The molecular weight excluding hydrogens is 314 g/mol. The van der Waals surface area contributed by atoms with Crippen LogP contribution in [0.25, 0.3) is 0 Å². The summed E-state index contributed by atoms with van der Waals surface area (Å²) in [6.45, 7) is 2.75. The van der Waals surface area contributed by atoms with Crippen molar-refractivity contribution in [2.45, 2.75) is 25.5 Å². The third-order valence-electron chi connectivity index (χ3n) is 4.99. The van der Waals surface area contributed by atoms with Crippen molar-refractivity contribution in [2.24, 2.45) is 5.92 Å². The SMILES string of the molecule is COc1cccc(CC2CN(Cc3ccccc3)CCC2O)c1OC. The number of aliphatic hydroxyl groups excluding tert-OH is 1. The molecule has 2 aromatic carbocycles. The number of hydrogen-bond donors (Lipinski definition) is 1. The van der Waals surface area contributed by atoms with Crippen molar-refractivity contribution in [1.29, 1.82) is 0 Å². The van der Waals surface area contributed by atoms with Crippen molar-refractivity contribution in [2.75, 3.05) is 27.3 Å². The zero-order chi connectivity index (χ0) is 17.6. The molecule has 0 aliphatic carbocycles. The van der Waals surface area contributed by atoms with Gasteiger partial charge >= 0.3 is 0 Å². The molecule has 0 bridgehead atoms. The summed E-state index contributed by atoms with van der Waals surface area (Å²) in [6, 6.07) is 16.5. The summed E-state index contributed by atoms with van der Waals surface area (Å²) in [5.41, 5.74) is 2.41. The average Bonchev–Trinajstić information content (AvgIpc) is 2.65. The highest BCUT2D eigenvalue weighted by Crippen LogP contribution is 2.34. The number of likely N-dealkylation sites (tertiary alicyclic amines) is 1. The van der Waals surface area contributed by atoms with Crippen molar-refractivity contribution in [3.05, 3.63) is 59.7 Å². The first-order valence-electron chi connectivity index (χ1n) is 8.85. The Morgan fingerprint density at radius 1 is 1.04 bits per heavy atom. The molecule has 1 N–H and O–H groups in total. The van der Waals surface area contributed by atoms with Gasteiger partial charge in [-0.05, 0) is 30.0 Å². The lowest BCUT2D eigenvalue weighted by Crippen LogP contribution is -2.43. The third kappa shape index (κ3) is 4.33. The lowest BCUT2D eigenvalue weighted by atomic mass is 9.88. The van der Waals surface area contributed by atoms with Crippen molar-refractivity contribution < 1.29 is 14.6 Å². The molecule has 1 fully saturated rings. The van der Waals surface area contributed by atoms with E-state index in [0.29, 0.717) is 0 Å². The zero-order valence-electron chi connectivity index (χ0n) is 15.0. The van der Waals surface area contributed by atoms with Gasteiger partial charge in [-0.1, -0.05) is 42.5 Å². The Kier molecular flexibility index (Phi) is 5.95. The van der Waals surface area contributed by atoms with Crippen molar-refractivity contribution in [3.8, 4) is 11.5 Å². The van der Waals surface area contributed by atoms with Gasteiger partial charge in [0.25, 0.3) is 0 Å². The normalized spacial score (nSPS) is 21.1. The van der Waals surface area contributed by atoms with E-state index in [-0.39, 0.29) is 12.0 Å². The van der Waals surface area contributed by atoms with Crippen molar-refractivity contribution in [1.82, 2.24) is 4.90 Å². The van der Waals surface area contributed by atoms with E-state index in [1.807, 2.05) is 18.2 Å². The minimum absolute atomic E-state index is 0.193. The fourth-order valence-electron chi connectivity index (χ4n) is 3.68. The summed E-state index contributed by atoms with van der Waals surface area (Å²) in [5.74, 6) is 1.71. The number of ether oxygens (including phenoxy) is 2. The van der Waals surface area contributed by atoms with E-state index < -0.39 is 0 Å². The molecule has 0 amide bonds. The summed E-state index contributed by atoms with van der Waals surface area (Å²) in [7, 11) is 3.32. The van der Waals surface area contributed by atoms with E-state index in [0.717, 1.165) is 49.5 Å². The van der Waals surface area contributed by atoms with Gasteiger partial charge < -0.3 is 14.6 Å². The molecule has 2 aromatic rings.